The molecule has 16 heavy (non-hydrogen) atoms. The van der Waals surface area contributed by atoms with E-state index >= 15 is 0 Å². The Labute approximate surface area is 98.5 Å². The van der Waals surface area contributed by atoms with Crippen LogP contribution in [-0.2, 0) is 5.75 Å². The Bertz CT molecular complexity index is 396. The van der Waals surface area contributed by atoms with Crippen molar-refractivity contribution in [3.8, 4) is 11.8 Å². The van der Waals surface area contributed by atoms with Crippen molar-refractivity contribution in [3.63, 3.8) is 0 Å². The van der Waals surface area contributed by atoms with E-state index in [1.165, 1.54) is 17.8 Å². The number of thioether (sulfide) groups is 1. The van der Waals surface area contributed by atoms with Crippen LogP contribution >= 0.6 is 11.8 Å². The number of halogens is 1. The minimum Gasteiger partial charge on any atom is -0.396 e. The van der Waals surface area contributed by atoms with E-state index in [1.807, 2.05) is 0 Å². The second kappa shape index (κ2) is 7.29. The molecule has 0 heterocycles. The van der Waals surface area contributed by atoms with Gasteiger partial charge >= 0.3 is 0 Å². The smallest absolute Gasteiger partial charge is 0.128 e. The summed E-state index contributed by atoms with van der Waals surface area (Å²) in [6.07, 6.45) is 0. The van der Waals surface area contributed by atoms with Gasteiger partial charge in [0.2, 0.25) is 0 Å². The summed E-state index contributed by atoms with van der Waals surface area (Å²) in [4.78, 5) is 0. The zero-order valence-corrected chi connectivity index (χ0v) is 9.56. The quantitative estimate of drug-likeness (QED) is 0.617. The predicted molar refractivity (Wildman–Crippen MR) is 63.6 cm³/mol. The molecule has 0 aliphatic rings. The SMILES string of the molecule is OCC#Cc1ccc(CSCCO)c(F)c1. The van der Waals surface area contributed by atoms with Crippen LogP contribution in [0, 0.1) is 17.7 Å². The fourth-order valence-corrected chi connectivity index (χ4v) is 1.86. The van der Waals surface area contributed by atoms with E-state index in [0.29, 0.717) is 22.6 Å². The number of aliphatic hydroxyl groups is 2. The van der Waals surface area contributed by atoms with E-state index in [4.69, 9.17) is 10.2 Å². The van der Waals surface area contributed by atoms with Crippen LogP contribution in [0.1, 0.15) is 11.1 Å². The lowest BCUT2D eigenvalue weighted by Gasteiger charge is -2.02. The molecule has 0 amide bonds. The lowest BCUT2D eigenvalue weighted by atomic mass is 10.1. The number of benzene rings is 1. The number of rotatable bonds is 4. The molecule has 0 aliphatic carbocycles. The summed E-state index contributed by atoms with van der Waals surface area (Å²) in [6, 6.07) is 4.76. The first kappa shape index (κ1) is 13.0. The lowest BCUT2D eigenvalue weighted by Crippen LogP contribution is -1.92. The molecule has 0 radical (unpaired) electrons. The van der Waals surface area contributed by atoms with Crippen LogP contribution < -0.4 is 0 Å². The Balaban J connectivity index is 2.67. The standard InChI is InChI=1S/C12H13FO2S/c13-12-8-10(2-1-5-14)3-4-11(12)9-16-7-6-15/h3-4,8,14-15H,5-7,9H2. The van der Waals surface area contributed by atoms with E-state index in [0.717, 1.165) is 0 Å². The highest BCUT2D eigenvalue weighted by molar-refractivity contribution is 7.98. The maximum atomic E-state index is 13.5. The second-order valence-corrected chi connectivity index (χ2v) is 4.15. The van der Waals surface area contributed by atoms with E-state index in [2.05, 4.69) is 11.8 Å². The average Bonchev–Trinajstić information content (AvgIpc) is 2.29. The van der Waals surface area contributed by atoms with Crippen molar-refractivity contribution in [1.29, 1.82) is 0 Å². The fourth-order valence-electron chi connectivity index (χ4n) is 1.13. The van der Waals surface area contributed by atoms with Gasteiger partial charge in [-0.3, -0.25) is 0 Å². The molecule has 86 valence electrons. The molecule has 0 aliphatic heterocycles. The van der Waals surface area contributed by atoms with Crippen LogP contribution in [-0.4, -0.2) is 29.2 Å². The van der Waals surface area contributed by atoms with Crippen LogP contribution in [0.15, 0.2) is 18.2 Å². The van der Waals surface area contributed by atoms with E-state index in [-0.39, 0.29) is 19.0 Å². The first-order valence-corrected chi connectivity index (χ1v) is 6.00. The van der Waals surface area contributed by atoms with E-state index in [9.17, 15) is 4.39 Å². The molecule has 0 saturated heterocycles. The Morgan fingerprint density at radius 3 is 2.75 bits per heavy atom. The normalized spacial score (nSPS) is 9.69. The fraction of sp³-hybridized carbons (Fsp3) is 0.333. The molecule has 1 aromatic carbocycles. The van der Waals surface area contributed by atoms with Crippen molar-refractivity contribution in [1.82, 2.24) is 0 Å². The molecule has 0 atom stereocenters. The monoisotopic (exact) mass is 240 g/mol. The van der Waals surface area contributed by atoms with Crippen molar-refractivity contribution in [3.05, 3.63) is 35.1 Å². The highest BCUT2D eigenvalue weighted by Gasteiger charge is 2.02. The molecule has 1 rings (SSSR count). The summed E-state index contributed by atoms with van der Waals surface area (Å²) in [6.45, 7) is -0.123. The van der Waals surface area contributed by atoms with Crippen LogP contribution in [0.2, 0.25) is 0 Å². The molecule has 4 heteroatoms. The predicted octanol–water partition coefficient (Wildman–Crippen LogP) is 1.39. The van der Waals surface area contributed by atoms with E-state index in [1.54, 1.807) is 12.1 Å². The Morgan fingerprint density at radius 2 is 2.12 bits per heavy atom. The van der Waals surface area contributed by atoms with Gasteiger partial charge in [0.15, 0.2) is 0 Å². The summed E-state index contributed by atoms with van der Waals surface area (Å²) in [7, 11) is 0. The Morgan fingerprint density at radius 1 is 1.31 bits per heavy atom. The zero-order valence-electron chi connectivity index (χ0n) is 8.74. The molecule has 2 nitrogen and oxygen atoms in total. The number of aliphatic hydroxyl groups excluding tert-OH is 2. The van der Waals surface area contributed by atoms with Gasteiger partial charge in [0.1, 0.15) is 12.4 Å². The van der Waals surface area contributed by atoms with E-state index < -0.39 is 0 Å². The topological polar surface area (TPSA) is 40.5 Å². The van der Waals surface area contributed by atoms with Crippen molar-refractivity contribution in [2.75, 3.05) is 19.0 Å². The highest BCUT2D eigenvalue weighted by Crippen LogP contribution is 2.16. The molecule has 2 N–H and O–H groups in total. The summed E-state index contributed by atoms with van der Waals surface area (Å²) < 4.78 is 13.5. The van der Waals surface area contributed by atoms with Gasteiger partial charge < -0.3 is 10.2 Å². The summed E-state index contributed by atoms with van der Waals surface area (Å²) in [5.74, 6) is 5.96. The van der Waals surface area contributed by atoms with Crippen molar-refractivity contribution < 1.29 is 14.6 Å². The van der Waals surface area contributed by atoms with Crippen molar-refractivity contribution >= 4 is 11.8 Å². The van der Waals surface area contributed by atoms with Gasteiger partial charge in [-0.25, -0.2) is 4.39 Å². The van der Waals surface area contributed by atoms with Crippen LogP contribution in [0.4, 0.5) is 4.39 Å². The molecule has 0 aromatic heterocycles. The van der Waals surface area contributed by atoms with Crippen molar-refractivity contribution in [2.45, 2.75) is 5.75 Å². The van der Waals surface area contributed by atoms with Gasteiger partial charge in [-0.05, 0) is 17.7 Å². The molecule has 0 bridgehead atoms. The largest absolute Gasteiger partial charge is 0.396 e. The molecule has 0 spiro atoms. The second-order valence-electron chi connectivity index (χ2n) is 3.04. The maximum Gasteiger partial charge on any atom is 0.128 e. The average molecular weight is 240 g/mol. The lowest BCUT2D eigenvalue weighted by molar-refractivity contribution is 0.322. The van der Waals surface area contributed by atoms with Gasteiger partial charge in [0.25, 0.3) is 0 Å². The number of hydrogen-bond acceptors (Lipinski definition) is 3. The summed E-state index contributed by atoms with van der Waals surface area (Å²) >= 11 is 1.48. The molecular weight excluding hydrogens is 227 g/mol. The summed E-state index contributed by atoms with van der Waals surface area (Å²) in [5, 5.41) is 17.1. The highest BCUT2D eigenvalue weighted by atomic mass is 32.2. The molecule has 0 fully saturated rings. The third-order valence-corrected chi connectivity index (χ3v) is 2.84. The number of hydrogen-bond donors (Lipinski definition) is 2. The van der Waals surface area contributed by atoms with Gasteiger partial charge in [0.05, 0.1) is 6.61 Å². The van der Waals surface area contributed by atoms with Crippen LogP contribution in [0.5, 0.6) is 0 Å². The molecule has 0 unspecified atom stereocenters. The maximum absolute atomic E-state index is 13.5. The summed E-state index contributed by atoms with van der Waals surface area (Å²) in [5.41, 5.74) is 1.16. The van der Waals surface area contributed by atoms with Gasteiger partial charge in [-0.1, -0.05) is 17.9 Å². The van der Waals surface area contributed by atoms with Gasteiger partial charge in [0, 0.05) is 17.1 Å². The molecule has 0 saturated carbocycles. The first-order chi connectivity index (χ1) is 7.77. The molecular formula is C12H13FO2S. The van der Waals surface area contributed by atoms with Gasteiger partial charge in [-0.15, -0.1) is 0 Å². The first-order valence-electron chi connectivity index (χ1n) is 4.84. The molecule has 1 aromatic rings. The Kier molecular flexibility index (Phi) is 5.94. The third kappa shape index (κ3) is 4.23. The van der Waals surface area contributed by atoms with Crippen LogP contribution in [0.3, 0.4) is 0 Å². The zero-order chi connectivity index (χ0) is 11.8. The van der Waals surface area contributed by atoms with Gasteiger partial charge in [-0.2, -0.15) is 11.8 Å². The minimum atomic E-state index is -0.296. The van der Waals surface area contributed by atoms with Crippen molar-refractivity contribution in [2.24, 2.45) is 0 Å². The minimum absolute atomic E-state index is 0.104. The Hall–Kier alpha value is -1.02. The third-order valence-electron chi connectivity index (χ3n) is 1.86. The van der Waals surface area contributed by atoms with Crippen LogP contribution in [0.25, 0.3) is 0 Å².